The first-order valence-corrected chi connectivity index (χ1v) is 6.06. The van der Waals surface area contributed by atoms with Crippen molar-refractivity contribution in [1.29, 1.82) is 0 Å². The number of carbonyl (C=O) groups excluding carboxylic acids is 2. The molecule has 0 fully saturated rings. The molecule has 2 rings (SSSR count). The molecule has 0 N–H and O–H groups in total. The molecule has 1 heterocycles. The molecule has 0 aliphatic rings. The smallest absolute Gasteiger partial charge is 0.377 e. The van der Waals surface area contributed by atoms with Gasteiger partial charge >= 0.3 is 11.9 Å². The van der Waals surface area contributed by atoms with Gasteiger partial charge in [-0.1, -0.05) is 30.3 Å². The Morgan fingerprint density at radius 1 is 0.905 bits per heavy atom. The molecule has 0 radical (unpaired) electrons. The van der Waals surface area contributed by atoms with Gasteiger partial charge in [-0.05, 0) is 5.56 Å². The van der Waals surface area contributed by atoms with Gasteiger partial charge in [-0.2, -0.15) is 0 Å². The zero-order valence-electron chi connectivity index (χ0n) is 11.8. The molecule has 0 amide bonds. The van der Waals surface area contributed by atoms with Crippen molar-refractivity contribution in [2.45, 2.75) is 0 Å². The molecular formula is C15H14O6. The van der Waals surface area contributed by atoms with Gasteiger partial charge in [0.05, 0.1) is 26.9 Å². The highest BCUT2D eigenvalue weighted by Crippen LogP contribution is 2.39. The summed E-state index contributed by atoms with van der Waals surface area (Å²) in [4.78, 5) is 23.6. The first-order chi connectivity index (χ1) is 10.1. The maximum atomic E-state index is 11.9. The van der Waals surface area contributed by atoms with Gasteiger partial charge in [0.15, 0.2) is 5.75 Å². The molecule has 0 spiro atoms. The van der Waals surface area contributed by atoms with Crippen LogP contribution in [0, 0.1) is 0 Å². The summed E-state index contributed by atoms with van der Waals surface area (Å²) in [5.41, 5.74) is 1.01. The first-order valence-electron chi connectivity index (χ1n) is 6.06. The number of hydrogen-bond donors (Lipinski definition) is 0. The molecule has 2 aromatic rings. The molecule has 0 bridgehead atoms. The van der Waals surface area contributed by atoms with Crippen LogP contribution in [-0.4, -0.2) is 33.3 Å². The fourth-order valence-electron chi connectivity index (χ4n) is 1.94. The van der Waals surface area contributed by atoms with Crippen molar-refractivity contribution in [2.75, 3.05) is 21.3 Å². The van der Waals surface area contributed by atoms with Crippen molar-refractivity contribution in [3.05, 3.63) is 41.9 Å². The standard InChI is InChI=1S/C15H14O6/c1-18-11-10(9-7-5-4-6-8-9)12(14(16)19-2)21-13(11)15(17)20-3/h4-8H,1-3H3. The number of benzene rings is 1. The van der Waals surface area contributed by atoms with E-state index in [0.717, 1.165) is 0 Å². The minimum absolute atomic E-state index is 0.110. The van der Waals surface area contributed by atoms with Crippen LogP contribution in [-0.2, 0) is 9.47 Å². The summed E-state index contributed by atoms with van der Waals surface area (Å²) >= 11 is 0. The van der Waals surface area contributed by atoms with Gasteiger partial charge in [0.1, 0.15) is 0 Å². The molecule has 0 saturated carbocycles. The second kappa shape index (κ2) is 6.13. The van der Waals surface area contributed by atoms with Gasteiger partial charge in [0, 0.05) is 0 Å². The third-order valence-electron chi connectivity index (χ3n) is 2.87. The van der Waals surface area contributed by atoms with Crippen molar-refractivity contribution in [3.63, 3.8) is 0 Å². The Labute approximate surface area is 121 Å². The molecule has 6 nitrogen and oxygen atoms in total. The quantitative estimate of drug-likeness (QED) is 0.805. The molecule has 110 valence electrons. The average Bonchev–Trinajstić information content (AvgIpc) is 2.93. The van der Waals surface area contributed by atoms with E-state index in [0.29, 0.717) is 11.1 Å². The van der Waals surface area contributed by atoms with Crippen LogP contribution >= 0.6 is 0 Å². The SMILES string of the molecule is COC(=O)c1oc(C(=O)OC)c(-c2ccccc2)c1OC. The van der Waals surface area contributed by atoms with Gasteiger partial charge in [-0.25, -0.2) is 9.59 Å². The largest absolute Gasteiger partial charge is 0.492 e. The summed E-state index contributed by atoms with van der Waals surface area (Å²) in [6.07, 6.45) is 0. The molecule has 0 atom stereocenters. The fraction of sp³-hybridized carbons (Fsp3) is 0.200. The Morgan fingerprint density at radius 3 is 2.00 bits per heavy atom. The topological polar surface area (TPSA) is 75.0 Å². The Hall–Kier alpha value is -2.76. The molecule has 6 heteroatoms. The van der Waals surface area contributed by atoms with Crippen molar-refractivity contribution in [3.8, 4) is 16.9 Å². The van der Waals surface area contributed by atoms with Crippen LogP contribution in [0.3, 0.4) is 0 Å². The van der Waals surface area contributed by atoms with Crippen molar-refractivity contribution in [2.24, 2.45) is 0 Å². The molecule has 1 aromatic carbocycles. The van der Waals surface area contributed by atoms with Crippen LogP contribution in [0.1, 0.15) is 21.1 Å². The minimum atomic E-state index is -0.737. The molecular weight excluding hydrogens is 276 g/mol. The third-order valence-corrected chi connectivity index (χ3v) is 2.87. The predicted octanol–water partition coefficient (Wildman–Crippen LogP) is 2.53. The number of rotatable bonds is 4. The third kappa shape index (κ3) is 2.60. The number of hydrogen-bond acceptors (Lipinski definition) is 6. The molecule has 0 aliphatic carbocycles. The summed E-state index contributed by atoms with van der Waals surface area (Å²) < 4.78 is 19.9. The van der Waals surface area contributed by atoms with E-state index in [4.69, 9.17) is 9.15 Å². The molecule has 0 unspecified atom stereocenters. The van der Waals surface area contributed by atoms with Gasteiger partial charge < -0.3 is 18.6 Å². The molecule has 0 saturated heterocycles. The first kappa shape index (κ1) is 14.6. The molecule has 0 aliphatic heterocycles. The van der Waals surface area contributed by atoms with Crippen LogP contribution in [0.5, 0.6) is 5.75 Å². The van der Waals surface area contributed by atoms with Crippen molar-refractivity contribution in [1.82, 2.24) is 0 Å². The summed E-state index contributed by atoms with van der Waals surface area (Å²) in [5.74, 6) is -1.60. The van der Waals surface area contributed by atoms with Crippen LogP contribution in [0.4, 0.5) is 0 Å². The normalized spacial score (nSPS) is 10.0. The Kier molecular flexibility index (Phi) is 4.27. The van der Waals surface area contributed by atoms with Gasteiger partial charge in [-0.15, -0.1) is 0 Å². The zero-order valence-corrected chi connectivity index (χ0v) is 11.8. The second-order valence-electron chi connectivity index (χ2n) is 4.02. The average molecular weight is 290 g/mol. The Balaban J connectivity index is 2.73. The van der Waals surface area contributed by atoms with Crippen LogP contribution < -0.4 is 4.74 Å². The fourth-order valence-corrected chi connectivity index (χ4v) is 1.94. The summed E-state index contributed by atoms with van der Waals surface area (Å²) in [7, 11) is 3.82. The van der Waals surface area contributed by atoms with E-state index in [1.165, 1.54) is 21.3 Å². The molecule has 21 heavy (non-hydrogen) atoms. The van der Waals surface area contributed by atoms with Gasteiger partial charge in [0.2, 0.25) is 5.76 Å². The van der Waals surface area contributed by atoms with Crippen LogP contribution in [0.2, 0.25) is 0 Å². The lowest BCUT2D eigenvalue weighted by Gasteiger charge is -2.04. The van der Waals surface area contributed by atoms with E-state index < -0.39 is 11.9 Å². The minimum Gasteiger partial charge on any atom is -0.492 e. The lowest BCUT2D eigenvalue weighted by molar-refractivity contribution is 0.0529. The van der Waals surface area contributed by atoms with E-state index in [1.54, 1.807) is 24.3 Å². The van der Waals surface area contributed by atoms with E-state index >= 15 is 0 Å². The van der Waals surface area contributed by atoms with Crippen molar-refractivity contribution < 1.29 is 28.2 Å². The van der Waals surface area contributed by atoms with E-state index in [2.05, 4.69) is 9.47 Å². The number of methoxy groups -OCH3 is 3. The predicted molar refractivity (Wildman–Crippen MR) is 73.4 cm³/mol. The van der Waals surface area contributed by atoms with E-state index in [-0.39, 0.29) is 17.3 Å². The highest BCUT2D eigenvalue weighted by atomic mass is 16.6. The highest BCUT2D eigenvalue weighted by molar-refractivity contribution is 6.01. The molecule has 1 aromatic heterocycles. The number of furan rings is 1. The monoisotopic (exact) mass is 290 g/mol. The van der Waals surface area contributed by atoms with Crippen molar-refractivity contribution >= 4 is 11.9 Å². The Morgan fingerprint density at radius 2 is 1.48 bits per heavy atom. The number of carbonyl (C=O) groups is 2. The van der Waals surface area contributed by atoms with Crippen LogP contribution in [0.25, 0.3) is 11.1 Å². The Bertz CT molecular complexity index is 656. The van der Waals surface area contributed by atoms with E-state index in [9.17, 15) is 9.59 Å². The number of ether oxygens (including phenoxy) is 3. The maximum absolute atomic E-state index is 11.9. The lowest BCUT2D eigenvalue weighted by atomic mass is 10.0. The number of esters is 2. The zero-order chi connectivity index (χ0) is 15.4. The second-order valence-corrected chi connectivity index (χ2v) is 4.02. The summed E-state index contributed by atoms with van der Waals surface area (Å²) in [6.45, 7) is 0. The summed E-state index contributed by atoms with van der Waals surface area (Å²) in [5, 5.41) is 0. The van der Waals surface area contributed by atoms with Gasteiger partial charge in [0.25, 0.3) is 5.76 Å². The lowest BCUT2D eigenvalue weighted by Crippen LogP contribution is -2.02. The highest BCUT2D eigenvalue weighted by Gasteiger charge is 2.31. The van der Waals surface area contributed by atoms with E-state index in [1.807, 2.05) is 6.07 Å². The van der Waals surface area contributed by atoms with Crippen LogP contribution in [0.15, 0.2) is 34.7 Å². The maximum Gasteiger partial charge on any atom is 0.377 e. The van der Waals surface area contributed by atoms with Gasteiger partial charge in [-0.3, -0.25) is 0 Å². The summed E-state index contributed by atoms with van der Waals surface area (Å²) in [6, 6.07) is 8.94.